The molecule has 1 aliphatic rings. The van der Waals surface area contributed by atoms with Crippen LogP contribution in [0, 0.1) is 11.7 Å². The van der Waals surface area contributed by atoms with Crippen molar-refractivity contribution in [1.29, 1.82) is 0 Å². The van der Waals surface area contributed by atoms with Gasteiger partial charge in [0.1, 0.15) is 12.1 Å². The van der Waals surface area contributed by atoms with Gasteiger partial charge in [0, 0.05) is 29.7 Å². The van der Waals surface area contributed by atoms with Crippen molar-refractivity contribution < 1.29 is 9.18 Å². The van der Waals surface area contributed by atoms with Gasteiger partial charge in [-0.25, -0.2) is 4.39 Å². The molecule has 1 unspecified atom stereocenters. The average molecular weight is 267 g/mol. The number of hydrogen-bond donors (Lipinski definition) is 0. The monoisotopic (exact) mass is 267 g/mol. The molecule has 0 radical (unpaired) electrons. The molecule has 0 amide bonds. The quantitative estimate of drug-likeness (QED) is 0.604. The second-order valence-electron chi connectivity index (χ2n) is 4.62. The first-order chi connectivity index (χ1) is 8.79. The molecule has 0 aromatic heterocycles. The standard InChI is InChI=1S/C14H18FNOS/c15-13-5-1-2-6-14(13)18-9-8-16-7-3-4-12(10-16)11-17/h1-2,5-6,11-12H,3-4,7-10H2. The topological polar surface area (TPSA) is 20.3 Å². The summed E-state index contributed by atoms with van der Waals surface area (Å²) in [5.74, 6) is 0.913. The second-order valence-corrected chi connectivity index (χ2v) is 5.75. The maximum atomic E-state index is 13.4. The molecule has 1 atom stereocenters. The van der Waals surface area contributed by atoms with Gasteiger partial charge in [0.15, 0.2) is 0 Å². The molecule has 1 fully saturated rings. The van der Waals surface area contributed by atoms with Crippen LogP contribution in [-0.4, -0.2) is 36.6 Å². The van der Waals surface area contributed by atoms with E-state index in [-0.39, 0.29) is 11.7 Å². The van der Waals surface area contributed by atoms with Crippen molar-refractivity contribution in [3.8, 4) is 0 Å². The van der Waals surface area contributed by atoms with Crippen LogP contribution in [0.2, 0.25) is 0 Å². The summed E-state index contributed by atoms with van der Waals surface area (Å²) in [6.07, 6.45) is 3.17. The molecular weight excluding hydrogens is 249 g/mol. The smallest absolute Gasteiger partial charge is 0.136 e. The van der Waals surface area contributed by atoms with E-state index in [0.717, 1.165) is 44.5 Å². The molecule has 1 aromatic rings. The minimum atomic E-state index is -0.146. The van der Waals surface area contributed by atoms with Crippen LogP contribution in [0.5, 0.6) is 0 Å². The molecule has 98 valence electrons. The van der Waals surface area contributed by atoms with E-state index in [1.165, 1.54) is 6.07 Å². The molecular formula is C14H18FNOS. The SMILES string of the molecule is O=CC1CCCN(CCSc2ccccc2F)C1. The number of halogens is 1. The number of likely N-dealkylation sites (tertiary alicyclic amines) is 1. The summed E-state index contributed by atoms with van der Waals surface area (Å²) in [6.45, 7) is 2.84. The zero-order valence-corrected chi connectivity index (χ0v) is 11.2. The summed E-state index contributed by atoms with van der Waals surface area (Å²) in [5, 5.41) is 0. The Balaban J connectivity index is 1.75. The molecule has 0 bridgehead atoms. The minimum absolute atomic E-state index is 0.146. The maximum Gasteiger partial charge on any atom is 0.136 e. The molecule has 0 spiro atoms. The van der Waals surface area contributed by atoms with E-state index >= 15 is 0 Å². The van der Waals surface area contributed by atoms with Gasteiger partial charge in [-0.1, -0.05) is 12.1 Å². The number of benzene rings is 1. The highest BCUT2D eigenvalue weighted by atomic mass is 32.2. The Kier molecular flexibility index (Phi) is 5.20. The lowest BCUT2D eigenvalue weighted by Crippen LogP contribution is -2.37. The fraction of sp³-hybridized carbons (Fsp3) is 0.500. The third-order valence-corrected chi connectivity index (χ3v) is 4.26. The van der Waals surface area contributed by atoms with E-state index in [2.05, 4.69) is 4.90 Å². The van der Waals surface area contributed by atoms with E-state index in [9.17, 15) is 9.18 Å². The number of carbonyl (C=O) groups is 1. The molecule has 1 aromatic carbocycles. The van der Waals surface area contributed by atoms with Gasteiger partial charge in [-0.3, -0.25) is 0 Å². The van der Waals surface area contributed by atoms with Crippen LogP contribution in [-0.2, 0) is 4.79 Å². The summed E-state index contributed by atoms with van der Waals surface area (Å²) in [6, 6.07) is 6.86. The van der Waals surface area contributed by atoms with Gasteiger partial charge in [-0.05, 0) is 31.5 Å². The van der Waals surface area contributed by atoms with Crippen LogP contribution in [0.1, 0.15) is 12.8 Å². The number of thioether (sulfide) groups is 1. The maximum absolute atomic E-state index is 13.4. The van der Waals surface area contributed by atoms with Crippen LogP contribution in [0.25, 0.3) is 0 Å². The highest BCUT2D eigenvalue weighted by Gasteiger charge is 2.18. The van der Waals surface area contributed by atoms with Crippen LogP contribution < -0.4 is 0 Å². The number of carbonyl (C=O) groups excluding carboxylic acids is 1. The Labute approximate surface area is 112 Å². The number of nitrogens with zero attached hydrogens (tertiary/aromatic N) is 1. The Morgan fingerprint density at radius 1 is 1.44 bits per heavy atom. The number of aldehydes is 1. The summed E-state index contributed by atoms with van der Waals surface area (Å²) < 4.78 is 13.4. The predicted octanol–water partition coefficient (Wildman–Crippen LogP) is 2.83. The third-order valence-electron chi connectivity index (χ3n) is 3.24. The Morgan fingerprint density at radius 3 is 3.06 bits per heavy atom. The van der Waals surface area contributed by atoms with E-state index in [1.807, 2.05) is 12.1 Å². The van der Waals surface area contributed by atoms with Crippen molar-refractivity contribution in [2.75, 3.05) is 25.4 Å². The van der Waals surface area contributed by atoms with Crippen LogP contribution >= 0.6 is 11.8 Å². The highest BCUT2D eigenvalue weighted by molar-refractivity contribution is 7.99. The molecule has 0 N–H and O–H groups in total. The first kappa shape index (κ1) is 13.6. The Hall–Kier alpha value is -0.870. The fourth-order valence-corrected chi connectivity index (χ4v) is 3.20. The van der Waals surface area contributed by atoms with Gasteiger partial charge in [0.25, 0.3) is 0 Å². The van der Waals surface area contributed by atoms with Gasteiger partial charge in [0.2, 0.25) is 0 Å². The number of rotatable bonds is 5. The lowest BCUT2D eigenvalue weighted by atomic mass is 10.00. The number of hydrogen-bond acceptors (Lipinski definition) is 3. The molecule has 2 nitrogen and oxygen atoms in total. The van der Waals surface area contributed by atoms with Crippen molar-refractivity contribution in [1.82, 2.24) is 4.90 Å². The predicted molar refractivity (Wildman–Crippen MR) is 72.4 cm³/mol. The first-order valence-electron chi connectivity index (χ1n) is 6.34. The molecule has 1 heterocycles. The summed E-state index contributed by atoms with van der Waals surface area (Å²) in [5.41, 5.74) is 0. The normalized spacial score (nSPS) is 20.8. The molecule has 1 aliphatic heterocycles. The summed E-state index contributed by atoms with van der Waals surface area (Å²) in [4.78, 5) is 13.8. The number of piperidine rings is 1. The zero-order chi connectivity index (χ0) is 12.8. The third kappa shape index (κ3) is 3.82. The van der Waals surface area contributed by atoms with Crippen molar-refractivity contribution in [3.05, 3.63) is 30.1 Å². The van der Waals surface area contributed by atoms with Crippen LogP contribution in [0.4, 0.5) is 4.39 Å². The molecule has 18 heavy (non-hydrogen) atoms. The summed E-state index contributed by atoms with van der Waals surface area (Å²) in [7, 11) is 0. The fourth-order valence-electron chi connectivity index (χ4n) is 2.25. The molecule has 0 saturated carbocycles. The molecule has 1 saturated heterocycles. The van der Waals surface area contributed by atoms with E-state index < -0.39 is 0 Å². The Bertz CT molecular complexity index is 399. The van der Waals surface area contributed by atoms with Gasteiger partial charge in [-0.15, -0.1) is 11.8 Å². The van der Waals surface area contributed by atoms with Crippen molar-refractivity contribution in [2.24, 2.45) is 5.92 Å². The zero-order valence-electron chi connectivity index (χ0n) is 10.3. The lowest BCUT2D eigenvalue weighted by Gasteiger charge is -2.29. The van der Waals surface area contributed by atoms with E-state index in [1.54, 1.807) is 17.8 Å². The summed E-state index contributed by atoms with van der Waals surface area (Å²) >= 11 is 1.54. The molecule has 2 rings (SSSR count). The molecule has 0 aliphatic carbocycles. The van der Waals surface area contributed by atoms with Gasteiger partial charge < -0.3 is 9.69 Å². The first-order valence-corrected chi connectivity index (χ1v) is 7.33. The van der Waals surface area contributed by atoms with Gasteiger partial charge in [-0.2, -0.15) is 0 Å². The van der Waals surface area contributed by atoms with Gasteiger partial charge in [0.05, 0.1) is 0 Å². The van der Waals surface area contributed by atoms with Crippen LogP contribution in [0.3, 0.4) is 0 Å². The van der Waals surface area contributed by atoms with Gasteiger partial charge >= 0.3 is 0 Å². The van der Waals surface area contributed by atoms with Crippen molar-refractivity contribution in [3.63, 3.8) is 0 Å². The van der Waals surface area contributed by atoms with Crippen LogP contribution in [0.15, 0.2) is 29.2 Å². The second kappa shape index (κ2) is 6.90. The Morgan fingerprint density at radius 2 is 2.28 bits per heavy atom. The van der Waals surface area contributed by atoms with E-state index in [0.29, 0.717) is 4.90 Å². The van der Waals surface area contributed by atoms with Crippen molar-refractivity contribution in [2.45, 2.75) is 17.7 Å². The minimum Gasteiger partial charge on any atom is -0.303 e. The average Bonchev–Trinajstić information content (AvgIpc) is 2.41. The molecule has 4 heteroatoms. The van der Waals surface area contributed by atoms with Crippen molar-refractivity contribution >= 4 is 18.0 Å². The van der Waals surface area contributed by atoms with E-state index in [4.69, 9.17) is 0 Å². The largest absolute Gasteiger partial charge is 0.303 e. The highest BCUT2D eigenvalue weighted by Crippen LogP contribution is 2.22. The lowest BCUT2D eigenvalue weighted by molar-refractivity contribution is -0.112.